The fourth-order valence-corrected chi connectivity index (χ4v) is 3.87. The summed E-state index contributed by atoms with van der Waals surface area (Å²) in [5.74, 6) is 0.829. The summed E-state index contributed by atoms with van der Waals surface area (Å²) < 4.78 is 0. The van der Waals surface area contributed by atoms with Crippen molar-refractivity contribution in [3.8, 4) is 0 Å². The number of nitrogens with zero attached hydrogens (tertiary/aromatic N) is 4. The molecule has 5 heteroatoms. The van der Waals surface area contributed by atoms with Gasteiger partial charge in [0.15, 0.2) is 0 Å². The molecule has 0 aromatic carbocycles. The van der Waals surface area contributed by atoms with Crippen molar-refractivity contribution in [1.29, 1.82) is 0 Å². The zero-order valence-corrected chi connectivity index (χ0v) is 14.5. The van der Waals surface area contributed by atoms with Crippen LogP contribution >= 0.6 is 11.6 Å². The van der Waals surface area contributed by atoms with Crippen molar-refractivity contribution in [3.05, 3.63) is 47.5 Å². The molecule has 0 radical (unpaired) electrons. The number of hydrogen-bond donors (Lipinski definition) is 0. The third-order valence-electron chi connectivity index (χ3n) is 5.46. The van der Waals surface area contributed by atoms with Gasteiger partial charge in [-0.15, -0.1) is 0 Å². The van der Waals surface area contributed by atoms with Crippen molar-refractivity contribution in [1.82, 2.24) is 14.9 Å². The van der Waals surface area contributed by atoms with Crippen LogP contribution in [0.5, 0.6) is 0 Å². The number of aliphatic imine (C=N–C) groups is 1. The van der Waals surface area contributed by atoms with Gasteiger partial charge in [0.2, 0.25) is 0 Å². The monoisotopic (exact) mass is 330 g/mol. The molecule has 1 atom stereocenters. The van der Waals surface area contributed by atoms with Crippen LogP contribution in [-0.4, -0.2) is 53.3 Å². The van der Waals surface area contributed by atoms with Crippen molar-refractivity contribution in [2.24, 2.45) is 10.9 Å². The van der Waals surface area contributed by atoms with Crippen molar-refractivity contribution >= 4 is 16.8 Å². The molecule has 0 amide bonds. The second-order valence-electron chi connectivity index (χ2n) is 6.85. The summed E-state index contributed by atoms with van der Waals surface area (Å²) in [6.45, 7) is 1.93. The van der Waals surface area contributed by atoms with Crippen LogP contribution in [0, 0.1) is 5.92 Å². The molecule has 1 aliphatic carbocycles. The van der Waals surface area contributed by atoms with Gasteiger partial charge in [0.25, 0.3) is 0 Å². The van der Waals surface area contributed by atoms with E-state index in [0.717, 1.165) is 24.6 Å². The zero-order chi connectivity index (χ0) is 16.0. The SMILES string of the molecule is CN1CC(C2CCC2)=CC=C1CN1C=C2C(Cl)=NC=CC2N1C. The Morgan fingerprint density at radius 3 is 2.74 bits per heavy atom. The maximum Gasteiger partial charge on any atom is 0.135 e. The summed E-state index contributed by atoms with van der Waals surface area (Å²) in [6.07, 6.45) is 14.8. The number of fused-ring (bicyclic) bond motifs is 1. The van der Waals surface area contributed by atoms with Gasteiger partial charge in [-0.25, -0.2) is 10.0 Å². The maximum atomic E-state index is 6.24. The van der Waals surface area contributed by atoms with E-state index in [2.05, 4.69) is 58.4 Å². The van der Waals surface area contributed by atoms with Crippen LogP contribution in [0.4, 0.5) is 0 Å². The van der Waals surface area contributed by atoms with Crippen molar-refractivity contribution in [2.45, 2.75) is 25.3 Å². The van der Waals surface area contributed by atoms with E-state index in [1.165, 1.54) is 25.0 Å². The predicted molar refractivity (Wildman–Crippen MR) is 94.9 cm³/mol. The minimum Gasteiger partial charge on any atom is -0.372 e. The first-order valence-electron chi connectivity index (χ1n) is 8.35. The average molecular weight is 331 g/mol. The maximum absolute atomic E-state index is 6.24. The largest absolute Gasteiger partial charge is 0.372 e. The van der Waals surface area contributed by atoms with Gasteiger partial charge in [0.05, 0.1) is 12.6 Å². The van der Waals surface area contributed by atoms with E-state index in [0.29, 0.717) is 5.17 Å². The van der Waals surface area contributed by atoms with Crippen LogP contribution in [0.2, 0.25) is 0 Å². The molecule has 0 saturated heterocycles. The average Bonchev–Trinajstić information content (AvgIpc) is 2.79. The fourth-order valence-electron chi connectivity index (χ4n) is 3.66. The van der Waals surface area contributed by atoms with Crippen molar-refractivity contribution in [3.63, 3.8) is 0 Å². The first-order chi connectivity index (χ1) is 11.1. The Morgan fingerprint density at radius 1 is 1.26 bits per heavy atom. The third kappa shape index (κ3) is 2.64. The van der Waals surface area contributed by atoms with Crippen LogP contribution in [0.15, 0.2) is 52.5 Å². The van der Waals surface area contributed by atoms with Gasteiger partial charge in [-0.05, 0) is 36.5 Å². The molecular formula is C18H23ClN4. The molecule has 0 bridgehead atoms. The van der Waals surface area contributed by atoms with Gasteiger partial charge < -0.3 is 9.91 Å². The van der Waals surface area contributed by atoms with E-state index in [1.807, 2.05) is 0 Å². The van der Waals surface area contributed by atoms with Crippen LogP contribution in [0.1, 0.15) is 19.3 Å². The Balaban J connectivity index is 1.50. The van der Waals surface area contributed by atoms with Crippen molar-refractivity contribution < 1.29 is 0 Å². The quantitative estimate of drug-likeness (QED) is 0.793. The molecule has 0 aromatic heterocycles. The molecule has 1 unspecified atom stereocenters. The van der Waals surface area contributed by atoms with Gasteiger partial charge in [-0.3, -0.25) is 0 Å². The first-order valence-corrected chi connectivity index (χ1v) is 8.73. The Hall–Kier alpha value is -1.52. The molecule has 0 aromatic rings. The number of halogens is 1. The lowest BCUT2D eigenvalue weighted by Gasteiger charge is -2.37. The highest BCUT2D eigenvalue weighted by Crippen LogP contribution is 2.35. The molecule has 0 spiro atoms. The summed E-state index contributed by atoms with van der Waals surface area (Å²) in [6, 6.07) is 0.204. The minimum atomic E-state index is 0.204. The number of likely N-dealkylation sites (N-methyl/N-ethyl adjacent to an activating group) is 2. The van der Waals surface area contributed by atoms with E-state index < -0.39 is 0 Å². The Morgan fingerprint density at radius 2 is 2.09 bits per heavy atom. The highest BCUT2D eigenvalue weighted by Gasteiger charge is 2.33. The Kier molecular flexibility index (Phi) is 3.82. The van der Waals surface area contributed by atoms with Crippen LogP contribution in [0.3, 0.4) is 0 Å². The van der Waals surface area contributed by atoms with Gasteiger partial charge in [0, 0.05) is 44.3 Å². The molecule has 122 valence electrons. The summed E-state index contributed by atoms with van der Waals surface area (Å²) in [5, 5.41) is 5.06. The standard InChI is InChI=1S/C18H23ClN4/c1-21-10-14(13-4-3-5-13)6-7-15(21)11-23-12-16-17(22(23)2)8-9-20-18(16)19/h6-9,12-13,17H,3-5,10-11H2,1-2H3. The molecule has 4 rings (SSSR count). The lowest BCUT2D eigenvalue weighted by Crippen LogP contribution is -2.41. The van der Waals surface area contributed by atoms with Crippen molar-refractivity contribution in [2.75, 3.05) is 27.2 Å². The Labute approximate surface area is 143 Å². The van der Waals surface area contributed by atoms with Crippen LogP contribution in [0.25, 0.3) is 0 Å². The second kappa shape index (κ2) is 5.84. The lowest BCUT2D eigenvalue weighted by molar-refractivity contribution is 0.0641. The number of rotatable bonds is 3. The topological polar surface area (TPSA) is 22.1 Å². The van der Waals surface area contributed by atoms with Crippen LogP contribution in [-0.2, 0) is 0 Å². The van der Waals surface area contributed by atoms with Gasteiger partial charge in [-0.2, -0.15) is 0 Å². The van der Waals surface area contributed by atoms with E-state index in [4.69, 9.17) is 11.6 Å². The molecule has 4 nitrogen and oxygen atoms in total. The minimum absolute atomic E-state index is 0.204. The van der Waals surface area contributed by atoms with E-state index in [9.17, 15) is 0 Å². The first kappa shape index (κ1) is 15.0. The summed E-state index contributed by atoms with van der Waals surface area (Å²) in [4.78, 5) is 6.58. The number of hydrazine groups is 1. The number of hydrogen-bond acceptors (Lipinski definition) is 4. The van der Waals surface area contributed by atoms with Gasteiger partial charge in [0.1, 0.15) is 5.17 Å². The summed E-state index contributed by atoms with van der Waals surface area (Å²) in [7, 11) is 4.30. The molecule has 0 N–H and O–H groups in total. The molecule has 1 fully saturated rings. The van der Waals surface area contributed by atoms with Gasteiger partial charge >= 0.3 is 0 Å². The lowest BCUT2D eigenvalue weighted by atomic mass is 9.78. The number of allylic oxidation sites excluding steroid dienone is 2. The molecule has 4 aliphatic rings. The van der Waals surface area contributed by atoms with Gasteiger partial charge in [-0.1, -0.05) is 24.1 Å². The highest BCUT2D eigenvalue weighted by molar-refractivity contribution is 6.70. The normalized spacial score (nSPS) is 28.0. The summed E-state index contributed by atoms with van der Waals surface area (Å²) in [5.41, 5.74) is 4.02. The second-order valence-corrected chi connectivity index (χ2v) is 7.20. The predicted octanol–water partition coefficient (Wildman–Crippen LogP) is 3.12. The molecule has 23 heavy (non-hydrogen) atoms. The highest BCUT2D eigenvalue weighted by atomic mass is 35.5. The molecule has 3 aliphatic heterocycles. The molecule has 1 saturated carbocycles. The Bertz CT molecular complexity index is 654. The zero-order valence-electron chi connectivity index (χ0n) is 13.7. The summed E-state index contributed by atoms with van der Waals surface area (Å²) >= 11 is 6.24. The van der Waals surface area contributed by atoms with E-state index in [1.54, 1.807) is 11.8 Å². The smallest absolute Gasteiger partial charge is 0.135 e. The van der Waals surface area contributed by atoms with Crippen LogP contribution < -0.4 is 0 Å². The molecule has 3 heterocycles. The third-order valence-corrected chi connectivity index (χ3v) is 5.78. The van der Waals surface area contributed by atoms with E-state index >= 15 is 0 Å². The fraction of sp³-hybridized carbons (Fsp3) is 0.500. The molecular weight excluding hydrogens is 308 g/mol. The van der Waals surface area contributed by atoms with E-state index in [-0.39, 0.29) is 6.04 Å².